The van der Waals surface area contributed by atoms with Gasteiger partial charge >= 0.3 is 6.18 Å². The van der Waals surface area contributed by atoms with Gasteiger partial charge < -0.3 is 10.5 Å². The highest BCUT2D eigenvalue weighted by Gasteiger charge is 2.32. The summed E-state index contributed by atoms with van der Waals surface area (Å²) in [5.41, 5.74) is 5.29. The smallest absolute Gasteiger partial charge is 0.416 e. The zero-order valence-electron chi connectivity index (χ0n) is 11.8. The van der Waals surface area contributed by atoms with Gasteiger partial charge in [-0.1, -0.05) is 13.8 Å². The highest BCUT2D eigenvalue weighted by Crippen LogP contribution is 2.38. The van der Waals surface area contributed by atoms with Crippen molar-refractivity contribution in [3.8, 4) is 5.75 Å². The first-order valence-electron chi connectivity index (χ1n) is 6.81. The van der Waals surface area contributed by atoms with Gasteiger partial charge in [-0.2, -0.15) is 13.2 Å². The Labute approximate surface area is 117 Å². The van der Waals surface area contributed by atoms with Crippen LogP contribution < -0.4 is 10.5 Å². The minimum atomic E-state index is -4.37. The predicted octanol–water partition coefficient (Wildman–Crippen LogP) is 4.64. The van der Waals surface area contributed by atoms with E-state index in [0.29, 0.717) is 11.2 Å². The third kappa shape index (κ3) is 3.58. The van der Waals surface area contributed by atoms with Gasteiger partial charge in [0, 0.05) is 0 Å². The Bertz CT molecular complexity index is 472. The summed E-state index contributed by atoms with van der Waals surface area (Å²) in [6.07, 6.45) is -0.402. The van der Waals surface area contributed by atoms with Gasteiger partial charge in [0.15, 0.2) is 0 Å². The summed E-state index contributed by atoms with van der Waals surface area (Å²) in [7, 11) is 0. The average Bonchev–Trinajstić information content (AvgIpc) is 2.33. The van der Waals surface area contributed by atoms with Crippen molar-refractivity contribution in [3.05, 3.63) is 23.8 Å². The largest absolute Gasteiger partial charge is 0.488 e. The summed E-state index contributed by atoms with van der Waals surface area (Å²) in [6.45, 7) is 4.44. The van der Waals surface area contributed by atoms with E-state index in [9.17, 15) is 13.2 Å². The summed E-state index contributed by atoms with van der Waals surface area (Å²) in [5, 5.41) is 0. The SMILES string of the molecule is CC1(C)CCC(Oc2ccc(C(F)(F)F)cc2N)CC1. The molecule has 1 saturated carbocycles. The lowest BCUT2D eigenvalue weighted by Crippen LogP contribution is -2.28. The highest BCUT2D eigenvalue weighted by molar-refractivity contribution is 5.54. The van der Waals surface area contributed by atoms with Crippen LogP contribution in [0.5, 0.6) is 5.75 Å². The van der Waals surface area contributed by atoms with Crippen molar-refractivity contribution < 1.29 is 17.9 Å². The van der Waals surface area contributed by atoms with Crippen LogP contribution in [-0.4, -0.2) is 6.10 Å². The standard InChI is InChI=1S/C15H20F3NO/c1-14(2)7-5-11(6-8-14)20-13-4-3-10(9-12(13)19)15(16,17)18/h3-4,9,11H,5-8,19H2,1-2H3. The van der Waals surface area contributed by atoms with Crippen molar-refractivity contribution in [1.82, 2.24) is 0 Å². The van der Waals surface area contributed by atoms with E-state index in [2.05, 4.69) is 13.8 Å². The lowest BCUT2D eigenvalue weighted by molar-refractivity contribution is -0.137. The van der Waals surface area contributed by atoms with Crippen LogP contribution in [0.2, 0.25) is 0 Å². The number of ether oxygens (including phenoxy) is 1. The summed E-state index contributed by atoms with van der Waals surface area (Å²) >= 11 is 0. The van der Waals surface area contributed by atoms with Gasteiger partial charge in [-0.05, 0) is 49.3 Å². The van der Waals surface area contributed by atoms with Crippen molar-refractivity contribution in [2.24, 2.45) is 5.41 Å². The Morgan fingerprint density at radius 1 is 1.20 bits per heavy atom. The fourth-order valence-electron chi connectivity index (χ4n) is 2.50. The zero-order valence-corrected chi connectivity index (χ0v) is 11.8. The van der Waals surface area contributed by atoms with Crippen molar-refractivity contribution in [3.63, 3.8) is 0 Å². The van der Waals surface area contributed by atoms with E-state index in [-0.39, 0.29) is 11.8 Å². The van der Waals surface area contributed by atoms with Gasteiger partial charge in [-0.15, -0.1) is 0 Å². The molecule has 0 saturated heterocycles. The molecule has 1 aliphatic carbocycles. The number of halogens is 3. The Morgan fingerprint density at radius 3 is 2.30 bits per heavy atom. The number of anilines is 1. The number of rotatable bonds is 2. The molecule has 2 nitrogen and oxygen atoms in total. The van der Waals surface area contributed by atoms with Gasteiger partial charge in [0.1, 0.15) is 5.75 Å². The van der Waals surface area contributed by atoms with Crippen LogP contribution in [0.1, 0.15) is 45.1 Å². The number of nitrogen functional groups attached to an aromatic ring is 1. The molecule has 1 aromatic carbocycles. The molecule has 1 aliphatic rings. The molecule has 5 heteroatoms. The maximum absolute atomic E-state index is 12.5. The molecule has 0 heterocycles. The first-order valence-corrected chi connectivity index (χ1v) is 6.81. The van der Waals surface area contributed by atoms with Gasteiger partial charge in [0.05, 0.1) is 17.4 Å². The van der Waals surface area contributed by atoms with Gasteiger partial charge in [0.2, 0.25) is 0 Å². The molecule has 1 aromatic rings. The molecule has 0 aromatic heterocycles. The van der Waals surface area contributed by atoms with Gasteiger partial charge in [-0.3, -0.25) is 0 Å². The van der Waals surface area contributed by atoms with Crippen LogP contribution in [0.3, 0.4) is 0 Å². The van der Waals surface area contributed by atoms with E-state index < -0.39 is 11.7 Å². The second-order valence-electron chi connectivity index (χ2n) is 6.23. The van der Waals surface area contributed by atoms with E-state index in [1.165, 1.54) is 6.07 Å². The number of hydrogen-bond acceptors (Lipinski definition) is 2. The predicted molar refractivity (Wildman–Crippen MR) is 72.5 cm³/mol. The molecule has 0 unspecified atom stereocenters. The van der Waals surface area contributed by atoms with Crippen molar-refractivity contribution in [2.45, 2.75) is 51.8 Å². The lowest BCUT2D eigenvalue weighted by atomic mass is 9.76. The topological polar surface area (TPSA) is 35.2 Å². The van der Waals surface area contributed by atoms with Gasteiger partial charge in [0.25, 0.3) is 0 Å². The van der Waals surface area contributed by atoms with Crippen LogP contribution in [0.25, 0.3) is 0 Å². The second kappa shape index (κ2) is 5.19. The summed E-state index contributed by atoms with van der Waals surface area (Å²) in [5.74, 6) is 0.350. The zero-order chi connectivity index (χ0) is 15.0. The molecule has 0 bridgehead atoms. The molecule has 0 aliphatic heterocycles. The van der Waals surface area contributed by atoms with E-state index in [4.69, 9.17) is 10.5 Å². The van der Waals surface area contributed by atoms with Crippen LogP contribution in [0, 0.1) is 5.41 Å². The Balaban J connectivity index is 2.04. The van der Waals surface area contributed by atoms with Crippen LogP contribution >= 0.6 is 0 Å². The lowest BCUT2D eigenvalue weighted by Gasteiger charge is -2.34. The average molecular weight is 287 g/mol. The number of hydrogen-bond donors (Lipinski definition) is 1. The van der Waals surface area contributed by atoms with Crippen LogP contribution in [0.15, 0.2) is 18.2 Å². The molecular weight excluding hydrogens is 267 g/mol. The van der Waals surface area contributed by atoms with Crippen molar-refractivity contribution in [2.75, 3.05) is 5.73 Å². The van der Waals surface area contributed by atoms with E-state index in [1.54, 1.807) is 0 Å². The normalized spacial score (nSPS) is 19.9. The van der Waals surface area contributed by atoms with E-state index in [0.717, 1.165) is 37.8 Å². The van der Waals surface area contributed by atoms with Gasteiger partial charge in [-0.25, -0.2) is 0 Å². The molecule has 0 atom stereocenters. The summed E-state index contributed by atoms with van der Waals surface area (Å²) < 4.78 is 43.4. The maximum Gasteiger partial charge on any atom is 0.416 e. The van der Waals surface area contributed by atoms with Crippen molar-refractivity contribution in [1.29, 1.82) is 0 Å². The minimum Gasteiger partial charge on any atom is -0.488 e. The number of nitrogens with two attached hydrogens (primary N) is 1. The molecule has 112 valence electrons. The van der Waals surface area contributed by atoms with Crippen LogP contribution in [0.4, 0.5) is 18.9 Å². The van der Waals surface area contributed by atoms with Crippen molar-refractivity contribution >= 4 is 5.69 Å². The number of alkyl halides is 3. The third-order valence-corrected chi connectivity index (χ3v) is 3.92. The van der Waals surface area contributed by atoms with Crippen LogP contribution in [-0.2, 0) is 6.18 Å². The number of benzene rings is 1. The highest BCUT2D eigenvalue weighted by atomic mass is 19.4. The molecule has 0 radical (unpaired) electrons. The molecule has 1 fully saturated rings. The second-order valence-corrected chi connectivity index (χ2v) is 6.23. The first kappa shape index (κ1) is 15.0. The fraction of sp³-hybridized carbons (Fsp3) is 0.600. The summed E-state index contributed by atoms with van der Waals surface area (Å²) in [6, 6.07) is 3.26. The third-order valence-electron chi connectivity index (χ3n) is 3.92. The molecule has 0 amide bonds. The summed E-state index contributed by atoms with van der Waals surface area (Å²) in [4.78, 5) is 0. The molecular formula is C15H20F3NO. The molecule has 2 rings (SSSR count). The van der Waals surface area contributed by atoms with E-state index in [1.807, 2.05) is 0 Å². The monoisotopic (exact) mass is 287 g/mol. The fourth-order valence-corrected chi connectivity index (χ4v) is 2.50. The minimum absolute atomic E-state index is 0.0436. The van der Waals surface area contributed by atoms with E-state index >= 15 is 0 Å². The quantitative estimate of drug-likeness (QED) is 0.804. The Kier molecular flexibility index (Phi) is 3.89. The molecule has 20 heavy (non-hydrogen) atoms. The first-order chi connectivity index (χ1) is 9.17. The molecule has 0 spiro atoms. The Hall–Kier alpha value is -1.39. The Morgan fingerprint density at radius 2 is 1.80 bits per heavy atom. The molecule has 2 N–H and O–H groups in total. The maximum atomic E-state index is 12.5.